The second-order valence-corrected chi connectivity index (χ2v) is 6.94. The van der Waals surface area contributed by atoms with E-state index >= 15 is 0 Å². The van der Waals surface area contributed by atoms with E-state index in [1.165, 1.54) is 12.8 Å². The first kappa shape index (κ1) is 16.8. The molecule has 2 rings (SSSR count). The van der Waals surface area contributed by atoms with Gasteiger partial charge in [0.1, 0.15) is 5.75 Å². The minimum Gasteiger partial charge on any atom is -0.508 e. The molecule has 3 nitrogen and oxygen atoms in total. The van der Waals surface area contributed by atoms with Crippen molar-refractivity contribution in [3.05, 3.63) is 28.2 Å². The number of nitrogens with zero attached hydrogens (tertiary/aromatic N) is 1. The lowest BCUT2D eigenvalue weighted by molar-refractivity contribution is 0.101. The minimum absolute atomic E-state index is 0.270. The molecule has 21 heavy (non-hydrogen) atoms. The van der Waals surface area contributed by atoms with Crippen LogP contribution in [0.3, 0.4) is 0 Å². The van der Waals surface area contributed by atoms with Crippen LogP contribution in [0.1, 0.15) is 57.6 Å². The molecule has 1 aromatic carbocycles. The van der Waals surface area contributed by atoms with Gasteiger partial charge in [-0.15, -0.1) is 0 Å². The number of hydrogen-bond donors (Lipinski definition) is 2. The lowest BCUT2D eigenvalue weighted by Crippen LogP contribution is -2.42. The normalized spacial score (nSPS) is 24.2. The summed E-state index contributed by atoms with van der Waals surface area (Å²) in [6.45, 7) is 5.42. The molecule has 1 saturated carbocycles. The molecule has 0 bridgehead atoms. The van der Waals surface area contributed by atoms with E-state index in [2.05, 4.69) is 40.7 Å². The Bertz CT molecular complexity index is 458. The first-order chi connectivity index (χ1) is 10.1. The summed E-state index contributed by atoms with van der Waals surface area (Å²) in [6.07, 6.45) is 5.56. The largest absolute Gasteiger partial charge is 0.508 e. The molecule has 118 valence electrons. The zero-order valence-electron chi connectivity index (χ0n) is 13.1. The van der Waals surface area contributed by atoms with Gasteiger partial charge in [0.2, 0.25) is 0 Å². The number of nitrogens with two attached hydrogens (primary N) is 1. The van der Waals surface area contributed by atoms with Crippen molar-refractivity contribution in [2.45, 2.75) is 64.1 Å². The Labute approximate surface area is 136 Å². The Kier molecular flexibility index (Phi) is 6.08. The molecular weight excluding hydrogens is 328 g/mol. The van der Waals surface area contributed by atoms with E-state index in [0.29, 0.717) is 17.8 Å². The van der Waals surface area contributed by atoms with Gasteiger partial charge < -0.3 is 10.8 Å². The number of benzene rings is 1. The fraction of sp³-hybridized carbons (Fsp3) is 0.647. The van der Waals surface area contributed by atoms with E-state index in [0.717, 1.165) is 35.8 Å². The Morgan fingerprint density at radius 3 is 2.52 bits per heavy atom. The van der Waals surface area contributed by atoms with Gasteiger partial charge in [0.05, 0.1) is 0 Å². The highest BCUT2D eigenvalue weighted by atomic mass is 79.9. The molecular formula is C17H27BrN2O. The summed E-state index contributed by atoms with van der Waals surface area (Å²) >= 11 is 3.52. The predicted octanol–water partition coefficient (Wildman–Crippen LogP) is 4.20. The summed E-state index contributed by atoms with van der Waals surface area (Å²) in [5.74, 6) is 0.399. The van der Waals surface area contributed by atoms with E-state index in [4.69, 9.17) is 5.73 Å². The lowest BCUT2D eigenvalue weighted by atomic mass is 9.88. The first-order valence-electron chi connectivity index (χ1n) is 8.06. The number of hydrogen-bond acceptors (Lipinski definition) is 3. The predicted molar refractivity (Wildman–Crippen MR) is 91.5 cm³/mol. The molecule has 1 aliphatic rings. The third-order valence-electron chi connectivity index (χ3n) is 4.71. The standard InChI is InChI=1S/C17H27BrN2O/c1-3-16(15-11-12(18)5-10-17(15)21)20(4-2)14-8-6-13(19)7-9-14/h5,10-11,13-14,16,21H,3-4,6-9,19H2,1-2H3. The van der Waals surface area contributed by atoms with Gasteiger partial charge in [-0.1, -0.05) is 29.8 Å². The van der Waals surface area contributed by atoms with E-state index in [9.17, 15) is 5.11 Å². The maximum Gasteiger partial charge on any atom is 0.120 e. The van der Waals surface area contributed by atoms with Crippen LogP contribution in [0.4, 0.5) is 0 Å². The summed E-state index contributed by atoms with van der Waals surface area (Å²) in [5, 5.41) is 10.3. The van der Waals surface area contributed by atoms with Crippen LogP contribution in [0.15, 0.2) is 22.7 Å². The van der Waals surface area contributed by atoms with Crippen LogP contribution in [0.2, 0.25) is 0 Å². The SMILES string of the molecule is CCC(c1cc(Br)ccc1O)N(CC)C1CCC(N)CC1. The molecule has 0 amide bonds. The summed E-state index contributed by atoms with van der Waals surface area (Å²) in [6, 6.07) is 6.96. The van der Waals surface area contributed by atoms with E-state index in [1.807, 2.05) is 6.07 Å². The Morgan fingerprint density at radius 2 is 1.95 bits per heavy atom. The fourth-order valence-electron chi connectivity index (χ4n) is 3.59. The maximum atomic E-state index is 10.3. The number of rotatable bonds is 5. The molecule has 1 atom stereocenters. The zero-order valence-corrected chi connectivity index (χ0v) is 14.6. The molecule has 0 saturated heterocycles. The fourth-order valence-corrected chi connectivity index (χ4v) is 3.97. The average Bonchev–Trinajstić information content (AvgIpc) is 2.49. The van der Waals surface area contributed by atoms with Crippen molar-refractivity contribution in [2.24, 2.45) is 5.73 Å². The van der Waals surface area contributed by atoms with Crippen molar-refractivity contribution >= 4 is 15.9 Å². The Balaban J connectivity index is 2.23. The van der Waals surface area contributed by atoms with Gasteiger partial charge in [-0.25, -0.2) is 0 Å². The second kappa shape index (κ2) is 7.61. The summed E-state index contributed by atoms with van der Waals surface area (Å²) in [5.41, 5.74) is 7.07. The highest BCUT2D eigenvalue weighted by molar-refractivity contribution is 9.10. The summed E-state index contributed by atoms with van der Waals surface area (Å²) < 4.78 is 1.02. The maximum absolute atomic E-state index is 10.3. The number of phenolic OH excluding ortho intramolecular Hbond substituents is 1. The van der Waals surface area contributed by atoms with Crippen molar-refractivity contribution in [3.63, 3.8) is 0 Å². The minimum atomic E-state index is 0.270. The third-order valence-corrected chi connectivity index (χ3v) is 5.20. The van der Waals surface area contributed by atoms with Gasteiger partial charge in [0.25, 0.3) is 0 Å². The van der Waals surface area contributed by atoms with E-state index < -0.39 is 0 Å². The van der Waals surface area contributed by atoms with Crippen LogP contribution >= 0.6 is 15.9 Å². The second-order valence-electron chi connectivity index (χ2n) is 6.03. The quantitative estimate of drug-likeness (QED) is 0.832. The van der Waals surface area contributed by atoms with Crippen molar-refractivity contribution in [3.8, 4) is 5.75 Å². The summed E-state index contributed by atoms with van der Waals surface area (Å²) in [4.78, 5) is 2.55. The molecule has 0 spiro atoms. The smallest absolute Gasteiger partial charge is 0.120 e. The molecule has 1 fully saturated rings. The van der Waals surface area contributed by atoms with Gasteiger partial charge in [-0.3, -0.25) is 4.90 Å². The monoisotopic (exact) mass is 354 g/mol. The molecule has 4 heteroatoms. The van der Waals surface area contributed by atoms with E-state index in [1.54, 1.807) is 6.07 Å². The molecule has 0 heterocycles. The van der Waals surface area contributed by atoms with Gasteiger partial charge >= 0.3 is 0 Å². The Hall–Kier alpha value is -0.580. The topological polar surface area (TPSA) is 49.5 Å². The van der Waals surface area contributed by atoms with Gasteiger partial charge in [0, 0.05) is 28.2 Å². The van der Waals surface area contributed by atoms with Crippen LogP contribution in [-0.2, 0) is 0 Å². The first-order valence-corrected chi connectivity index (χ1v) is 8.85. The molecule has 1 unspecified atom stereocenters. The van der Waals surface area contributed by atoms with Gasteiger partial charge in [0.15, 0.2) is 0 Å². The summed E-state index contributed by atoms with van der Waals surface area (Å²) in [7, 11) is 0. The van der Waals surface area contributed by atoms with Crippen LogP contribution in [0.5, 0.6) is 5.75 Å². The van der Waals surface area contributed by atoms with Crippen LogP contribution in [0, 0.1) is 0 Å². The van der Waals surface area contributed by atoms with Gasteiger partial charge in [-0.2, -0.15) is 0 Å². The zero-order chi connectivity index (χ0) is 15.4. The van der Waals surface area contributed by atoms with Crippen molar-refractivity contribution in [2.75, 3.05) is 6.54 Å². The highest BCUT2D eigenvalue weighted by Crippen LogP contribution is 2.36. The number of aromatic hydroxyl groups is 1. The molecule has 3 N–H and O–H groups in total. The lowest BCUT2D eigenvalue weighted by Gasteiger charge is -2.40. The molecule has 0 aromatic heterocycles. The molecule has 1 aliphatic carbocycles. The van der Waals surface area contributed by atoms with Crippen molar-refractivity contribution < 1.29 is 5.11 Å². The Morgan fingerprint density at radius 1 is 1.29 bits per heavy atom. The molecule has 0 aliphatic heterocycles. The van der Waals surface area contributed by atoms with Crippen molar-refractivity contribution in [1.29, 1.82) is 0 Å². The van der Waals surface area contributed by atoms with Crippen LogP contribution in [0.25, 0.3) is 0 Å². The molecule has 0 radical (unpaired) electrons. The highest BCUT2D eigenvalue weighted by Gasteiger charge is 2.29. The van der Waals surface area contributed by atoms with Crippen LogP contribution in [-0.4, -0.2) is 28.6 Å². The third kappa shape index (κ3) is 3.99. The van der Waals surface area contributed by atoms with E-state index in [-0.39, 0.29) is 6.04 Å². The van der Waals surface area contributed by atoms with Crippen LogP contribution < -0.4 is 5.73 Å². The average molecular weight is 355 g/mol. The number of phenols is 1. The van der Waals surface area contributed by atoms with Gasteiger partial charge in [-0.05, 0) is 56.8 Å². The molecule has 1 aromatic rings. The number of halogens is 1. The van der Waals surface area contributed by atoms with Crippen molar-refractivity contribution in [1.82, 2.24) is 4.90 Å².